The van der Waals surface area contributed by atoms with Crippen LogP contribution in [0.2, 0.25) is 0 Å². The van der Waals surface area contributed by atoms with Gasteiger partial charge in [0.05, 0.1) is 24.2 Å². The number of rotatable bonds is 8. The molecule has 0 aliphatic rings. The molecule has 0 bridgehead atoms. The number of amides is 1. The lowest BCUT2D eigenvalue weighted by Gasteiger charge is -2.22. The summed E-state index contributed by atoms with van der Waals surface area (Å²) in [6, 6.07) is 9.17. The number of halogens is 2. The minimum Gasteiger partial charge on any atom is -0.494 e. The van der Waals surface area contributed by atoms with Gasteiger partial charge in [0, 0.05) is 19.0 Å². The zero-order valence-electron chi connectivity index (χ0n) is 14.9. The van der Waals surface area contributed by atoms with Crippen LogP contribution in [0.15, 0.2) is 42.5 Å². The van der Waals surface area contributed by atoms with Gasteiger partial charge in [-0.05, 0) is 43.3 Å². The molecule has 2 aromatic carbocycles. The normalized spacial score (nSPS) is 11.1. The summed E-state index contributed by atoms with van der Waals surface area (Å²) in [5.41, 5.74) is 0.204. The number of carbonyl (C=O) groups excluding carboxylic acids is 1. The van der Waals surface area contributed by atoms with E-state index in [1.165, 1.54) is 0 Å². The summed E-state index contributed by atoms with van der Waals surface area (Å²) in [4.78, 5) is 12.0. The first-order valence-corrected chi connectivity index (χ1v) is 10.0. The topological polar surface area (TPSA) is 75.7 Å². The van der Waals surface area contributed by atoms with Gasteiger partial charge in [-0.1, -0.05) is 0 Å². The fraction of sp³-hybridized carbons (Fsp3) is 0.278. The summed E-state index contributed by atoms with van der Waals surface area (Å²) in [5.74, 6) is -1.67. The van der Waals surface area contributed by atoms with Crippen LogP contribution in [0.25, 0.3) is 0 Å². The Labute approximate surface area is 156 Å². The Morgan fingerprint density at radius 2 is 1.81 bits per heavy atom. The fourth-order valence-corrected chi connectivity index (χ4v) is 3.30. The second kappa shape index (κ2) is 8.81. The van der Waals surface area contributed by atoms with Crippen LogP contribution < -0.4 is 14.4 Å². The van der Waals surface area contributed by atoms with Crippen LogP contribution in [-0.2, 0) is 14.8 Å². The molecule has 1 N–H and O–H groups in total. The minimum atomic E-state index is -3.64. The van der Waals surface area contributed by atoms with Gasteiger partial charge in [0.15, 0.2) is 0 Å². The average Bonchev–Trinajstić information content (AvgIpc) is 2.58. The van der Waals surface area contributed by atoms with Gasteiger partial charge >= 0.3 is 0 Å². The first-order valence-electron chi connectivity index (χ1n) is 8.16. The van der Waals surface area contributed by atoms with Crippen molar-refractivity contribution in [1.29, 1.82) is 0 Å². The van der Waals surface area contributed by atoms with E-state index >= 15 is 0 Å². The van der Waals surface area contributed by atoms with Crippen molar-refractivity contribution >= 4 is 27.3 Å². The van der Waals surface area contributed by atoms with Crippen molar-refractivity contribution < 1.29 is 26.7 Å². The summed E-state index contributed by atoms with van der Waals surface area (Å²) in [7, 11) is -3.64. The molecule has 0 radical (unpaired) electrons. The molecule has 2 rings (SSSR count). The summed E-state index contributed by atoms with van der Waals surface area (Å²) >= 11 is 0. The third-order valence-corrected chi connectivity index (χ3v) is 4.78. The van der Waals surface area contributed by atoms with Crippen LogP contribution in [0.4, 0.5) is 20.2 Å². The number of nitrogens with zero attached hydrogens (tertiary/aromatic N) is 1. The van der Waals surface area contributed by atoms with E-state index in [-0.39, 0.29) is 18.7 Å². The van der Waals surface area contributed by atoms with Gasteiger partial charge in [0.1, 0.15) is 17.4 Å². The molecule has 0 aliphatic heterocycles. The van der Waals surface area contributed by atoms with Crippen LogP contribution in [0.3, 0.4) is 0 Å². The highest BCUT2D eigenvalue weighted by molar-refractivity contribution is 7.92. The second-order valence-electron chi connectivity index (χ2n) is 5.68. The van der Waals surface area contributed by atoms with Crippen molar-refractivity contribution in [2.24, 2.45) is 0 Å². The van der Waals surface area contributed by atoms with E-state index in [1.54, 1.807) is 24.3 Å². The zero-order chi connectivity index (χ0) is 20.0. The Hall–Kier alpha value is -2.68. The second-order valence-corrected chi connectivity index (χ2v) is 7.59. The van der Waals surface area contributed by atoms with Crippen molar-refractivity contribution in [3.8, 4) is 5.75 Å². The number of ether oxygens (including phenoxy) is 1. The molecule has 0 aliphatic carbocycles. The molecule has 1 amide bonds. The number of sulfonamides is 1. The lowest BCUT2D eigenvalue weighted by molar-refractivity contribution is -0.116. The summed E-state index contributed by atoms with van der Waals surface area (Å²) in [6.45, 7) is 2.18. The van der Waals surface area contributed by atoms with Crippen molar-refractivity contribution in [1.82, 2.24) is 0 Å². The van der Waals surface area contributed by atoms with Gasteiger partial charge in [-0.2, -0.15) is 0 Å². The van der Waals surface area contributed by atoms with E-state index in [4.69, 9.17) is 4.74 Å². The Morgan fingerprint density at radius 1 is 1.15 bits per heavy atom. The van der Waals surface area contributed by atoms with E-state index < -0.39 is 27.6 Å². The highest BCUT2D eigenvalue weighted by Crippen LogP contribution is 2.22. The van der Waals surface area contributed by atoms with Crippen LogP contribution in [0.1, 0.15) is 13.3 Å². The molecular formula is C18H20F2N2O4S. The maximum atomic E-state index is 13.6. The van der Waals surface area contributed by atoms with Crippen LogP contribution in [0, 0.1) is 11.6 Å². The predicted octanol–water partition coefficient (Wildman–Crippen LogP) is 3.16. The molecule has 0 atom stereocenters. The minimum absolute atomic E-state index is 0.137. The summed E-state index contributed by atoms with van der Waals surface area (Å²) in [5, 5.41) is 2.30. The van der Waals surface area contributed by atoms with E-state index in [1.807, 2.05) is 6.92 Å². The highest BCUT2D eigenvalue weighted by atomic mass is 32.2. The lowest BCUT2D eigenvalue weighted by Crippen LogP contribution is -2.33. The van der Waals surface area contributed by atoms with Crippen molar-refractivity contribution in [3.05, 3.63) is 54.1 Å². The standard InChI is InChI=1S/C18H20F2N2O4S/c1-3-26-15-7-5-14(6-8-15)22(27(2,24)25)11-10-18(23)21-17-9-4-13(19)12-16(17)20/h4-9,12H,3,10-11H2,1-2H3,(H,21,23). The predicted molar refractivity (Wildman–Crippen MR) is 99.4 cm³/mol. The van der Waals surface area contributed by atoms with E-state index in [0.29, 0.717) is 24.1 Å². The number of anilines is 2. The van der Waals surface area contributed by atoms with Crippen molar-refractivity contribution in [2.75, 3.05) is 29.0 Å². The van der Waals surface area contributed by atoms with Crippen LogP contribution >= 0.6 is 0 Å². The van der Waals surface area contributed by atoms with Gasteiger partial charge in [-0.25, -0.2) is 17.2 Å². The monoisotopic (exact) mass is 398 g/mol. The van der Waals surface area contributed by atoms with E-state index in [2.05, 4.69) is 5.32 Å². The largest absolute Gasteiger partial charge is 0.494 e. The molecule has 2 aromatic rings. The molecule has 27 heavy (non-hydrogen) atoms. The molecule has 0 saturated heterocycles. The Kier molecular flexibility index (Phi) is 6.73. The third-order valence-electron chi connectivity index (χ3n) is 3.58. The van der Waals surface area contributed by atoms with Gasteiger partial charge in [-0.3, -0.25) is 9.10 Å². The number of hydrogen-bond acceptors (Lipinski definition) is 4. The molecule has 0 unspecified atom stereocenters. The molecule has 146 valence electrons. The molecule has 0 heterocycles. The van der Waals surface area contributed by atoms with Crippen LogP contribution in [-0.4, -0.2) is 33.7 Å². The quantitative estimate of drug-likeness (QED) is 0.741. The van der Waals surface area contributed by atoms with Crippen molar-refractivity contribution in [2.45, 2.75) is 13.3 Å². The molecule has 6 nitrogen and oxygen atoms in total. The fourth-order valence-electron chi connectivity index (χ4n) is 2.37. The maximum absolute atomic E-state index is 13.6. The SMILES string of the molecule is CCOc1ccc(N(CCC(=O)Nc2ccc(F)cc2F)S(C)(=O)=O)cc1. The maximum Gasteiger partial charge on any atom is 0.232 e. The zero-order valence-corrected chi connectivity index (χ0v) is 15.7. The van der Waals surface area contributed by atoms with Gasteiger partial charge in [0.2, 0.25) is 15.9 Å². The Balaban J connectivity index is 2.07. The molecule has 0 fully saturated rings. The molecule has 0 aromatic heterocycles. The van der Waals surface area contributed by atoms with Gasteiger partial charge in [0.25, 0.3) is 0 Å². The molecular weight excluding hydrogens is 378 g/mol. The summed E-state index contributed by atoms with van der Waals surface area (Å²) < 4.78 is 57.0. The molecule has 0 spiro atoms. The van der Waals surface area contributed by atoms with E-state index in [0.717, 1.165) is 22.7 Å². The average molecular weight is 398 g/mol. The van der Waals surface area contributed by atoms with Crippen LogP contribution in [0.5, 0.6) is 5.75 Å². The molecule has 9 heteroatoms. The van der Waals surface area contributed by atoms with Gasteiger partial charge in [-0.15, -0.1) is 0 Å². The smallest absolute Gasteiger partial charge is 0.232 e. The first kappa shape index (κ1) is 20.6. The highest BCUT2D eigenvalue weighted by Gasteiger charge is 2.19. The lowest BCUT2D eigenvalue weighted by atomic mass is 10.2. The molecule has 0 saturated carbocycles. The number of hydrogen-bond donors (Lipinski definition) is 1. The number of benzene rings is 2. The Bertz CT molecular complexity index is 902. The number of carbonyl (C=O) groups is 1. The van der Waals surface area contributed by atoms with Crippen molar-refractivity contribution in [3.63, 3.8) is 0 Å². The summed E-state index contributed by atoms with van der Waals surface area (Å²) in [6.07, 6.45) is 0.818. The Morgan fingerprint density at radius 3 is 2.37 bits per heavy atom. The van der Waals surface area contributed by atoms with Gasteiger partial charge < -0.3 is 10.1 Å². The first-order chi connectivity index (χ1) is 12.7. The van der Waals surface area contributed by atoms with E-state index in [9.17, 15) is 22.0 Å². The third kappa shape index (κ3) is 5.92. The number of nitrogens with one attached hydrogen (secondary N) is 1.